The van der Waals surface area contributed by atoms with Crippen LogP contribution < -0.4 is 20.2 Å². The third-order valence-electron chi connectivity index (χ3n) is 2.59. The molecular weight excluding hydrogens is 234 g/mol. The molecule has 2 aromatic rings. The molecule has 18 heavy (non-hydrogen) atoms. The van der Waals surface area contributed by atoms with Gasteiger partial charge in [-0.3, -0.25) is 0 Å². The molecule has 0 amide bonds. The number of nitrogens with zero attached hydrogens (tertiary/aromatic N) is 2. The summed E-state index contributed by atoms with van der Waals surface area (Å²) in [6.07, 6.45) is 2.05. The van der Waals surface area contributed by atoms with Gasteiger partial charge >= 0.3 is 17.7 Å². The van der Waals surface area contributed by atoms with E-state index in [4.69, 9.17) is 15.2 Å². The highest BCUT2D eigenvalue weighted by molar-refractivity contribution is 5.79. The fourth-order valence-electron chi connectivity index (χ4n) is 1.72. The Bertz CT molecular complexity index is 539. The van der Waals surface area contributed by atoms with E-state index in [0.717, 1.165) is 12.8 Å². The molecule has 0 spiro atoms. The maximum atomic E-state index is 5.84. The Morgan fingerprint density at radius 2 is 2.22 bits per heavy atom. The van der Waals surface area contributed by atoms with Gasteiger partial charge < -0.3 is 15.2 Å². The lowest BCUT2D eigenvalue weighted by atomic mass is 10.2. The van der Waals surface area contributed by atoms with E-state index < -0.39 is 0 Å². The highest BCUT2D eigenvalue weighted by Gasteiger charge is 2.19. The minimum Gasteiger partial charge on any atom is -0.448 e. The number of H-pyrrole nitrogens is 2. The van der Waals surface area contributed by atoms with Gasteiger partial charge in [0.25, 0.3) is 0 Å². The van der Waals surface area contributed by atoms with Crippen molar-refractivity contribution in [3.05, 3.63) is 0 Å². The molecule has 7 heteroatoms. The molecule has 4 N–H and O–H groups in total. The third kappa shape index (κ3) is 2.44. The standard InChI is InChI=1S/C11H17N5O2/c1-4-5-6(2)18-11-14-8(12)7-9(16-11)15-10(13-7)17-3/h6H,4-5H2,1-3H3,(H3,12,13,14,15,16)/p+1/t6-/m0/s1. The predicted molar refractivity (Wildman–Crippen MR) is 66.4 cm³/mol. The van der Waals surface area contributed by atoms with Crippen LogP contribution in [-0.2, 0) is 0 Å². The number of nitrogen functional groups attached to an aromatic ring is 1. The molecule has 1 atom stereocenters. The Morgan fingerprint density at radius 3 is 2.89 bits per heavy atom. The second kappa shape index (κ2) is 5.07. The minimum absolute atomic E-state index is 0.0627. The first kappa shape index (κ1) is 12.4. The molecule has 0 bridgehead atoms. The van der Waals surface area contributed by atoms with Crippen LogP contribution in [0.3, 0.4) is 0 Å². The maximum absolute atomic E-state index is 5.84. The summed E-state index contributed by atoms with van der Waals surface area (Å²) in [6.45, 7) is 4.08. The smallest absolute Gasteiger partial charge is 0.397 e. The Labute approximate surface area is 105 Å². The monoisotopic (exact) mass is 252 g/mol. The van der Waals surface area contributed by atoms with E-state index in [-0.39, 0.29) is 12.1 Å². The number of hydrogen-bond acceptors (Lipinski definition) is 5. The molecule has 2 aromatic heterocycles. The molecule has 0 aromatic carbocycles. The van der Waals surface area contributed by atoms with Crippen LogP contribution in [0.25, 0.3) is 11.2 Å². The minimum atomic E-state index is 0.0627. The Morgan fingerprint density at radius 1 is 1.44 bits per heavy atom. The SMILES string of the molecule is CCC[C@H](C)Oc1nc(N)c2[nH]c(OC)[nH+]c2n1. The zero-order valence-corrected chi connectivity index (χ0v) is 10.8. The number of nitrogens with one attached hydrogen (secondary N) is 2. The van der Waals surface area contributed by atoms with Crippen molar-refractivity contribution in [2.24, 2.45) is 0 Å². The van der Waals surface area contributed by atoms with Crippen LogP contribution in [-0.4, -0.2) is 28.2 Å². The van der Waals surface area contributed by atoms with E-state index in [2.05, 4.69) is 26.9 Å². The lowest BCUT2D eigenvalue weighted by molar-refractivity contribution is -0.364. The summed E-state index contributed by atoms with van der Waals surface area (Å²) in [5, 5.41) is 0. The average Bonchev–Trinajstić information content (AvgIpc) is 2.72. The first-order chi connectivity index (χ1) is 8.63. The molecule has 7 nitrogen and oxygen atoms in total. The van der Waals surface area contributed by atoms with Gasteiger partial charge in [0.2, 0.25) is 5.52 Å². The van der Waals surface area contributed by atoms with Gasteiger partial charge in [0, 0.05) is 0 Å². The molecule has 0 aliphatic carbocycles. The molecule has 0 fully saturated rings. The number of imidazole rings is 1. The average molecular weight is 252 g/mol. The zero-order chi connectivity index (χ0) is 13.1. The van der Waals surface area contributed by atoms with Crippen molar-refractivity contribution in [1.82, 2.24) is 15.0 Å². The van der Waals surface area contributed by atoms with Crippen LogP contribution in [0.5, 0.6) is 12.0 Å². The van der Waals surface area contributed by atoms with E-state index in [1.165, 1.54) is 0 Å². The topological polar surface area (TPSA) is 100 Å². The first-order valence-electron chi connectivity index (χ1n) is 5.93. The van der Waals surface area contributed by atoms with E-state index >= 15 is 0 Å². The van der Waals surface area contributed by atoms with Crippen LogP contribution in [0.2, 0.25) is 0 Å². The quantitative estimate of drug-likeness (QED) is 0.824. The summed E-state index contributed by atoms with van der Waals surface area (Å²) in [6, 6.07) is 0.753. The Kier molecular flexibility index (Phi) is 3.50. The summed E-state index contributed by atoms with van der Waals surface area (Å²) in [4.78, 5) is 14.2. The van der Waals surface area contributed by atoms with Gasteiger partial charge in [-0.2, -0.15) is 4.98 Å². The molecule has 0 radical (unpaired) electrons. The van der Waals surface area contributed by atoms with E-state index in [1.807, 2.05) is 6.92 Å². The number of aromatic nitrogens is 4. The Hall–Kier alpha value is -2.05. The summed E-state index contributed by atoms with van der Waals surface area (Å²) >= 11 is 0. The molecular formula is C11H18N5O2+. The van der Waals surface area contributed by atoms with Crippen molar-refractivity contribution >= 4 is 17.0 Å². The van der Waals surface area contributed by atoms with Gasteiger partial charge in [0.05, 0.1) is 7.11 Å². The highest BCUT2D eigenvalue weighted by atomic mass is 16.5. The van der Waals surface area contributed by atoms with Crippen molar-refractivity contribution in [2.45, 2.75) is 32.8 Å². The molecule has 98 valence electrons. The van der Waals surface area contributed by atoms with Crippen LogP contribution in [0.4, 0.5) is 5.82 Å². The van der Waals surface area contributed by atoms with E-state index in [0.29, 0.717) is 23.0 Å². The van der Waals surface area contributed by atoms with Crippen LogP contribution >= 0.6 is 0 Å². The molecule has 2 heterocycles. The van der Waals surface area contributed by atoms with Crippen molar-refractivity contribution in [1.29, 1.82) is 0 Å². The fourth-order valence-corrected chi connectivity index (χ4v) is 1.72. The molecule has 0 unspecified atom stereocenters. The van der Waals surface area contributed by atoms with Crippen molar-refractivity contribution in [3.63, 3.8) is 0 Å². The third-order valence-corrected chi connectivity index (χ3v) is 2.59. The van der Waals surface area contributed by atoms with Gasteiger partial charge in [0.1, 0.15) is 6.10 Å². The molecule has 2 rings (SSSR count). The van der Waals surface area contributed by atoms with Gasteiger partial charge in [0.15, 0.2) is 5.82 Å². The highest BCUT2D eigenvalue weighted by Crippen LogP contribution is 2.19. The largest absolute Gasteiger partial charge is 0.448 e. The Balaban J connectivity index is 2.30. The number of nitrogens with two attached hydrogens (primary N) is 1. The summed E-state index contributed by atoms with van der Waals surface area (Å²) in [5.41, 5.74) is 7.02. The summed E-state index contributed by atoms with van der Waals surface area (Å²) in [7, 11) is 1.55. The fraction of sp³-hybridized carbons (Fsp3) is 0.545. The molecule has 0 aliphatic heterocycles. The van der Waals surface area contributed by atoms with E-state index in [9.17, 15) is 0 Å². The summed E-state index contributed by atoms with van der Waals surface area (Å²) < 4.78 is 10.6. The molecule has 0 saturated carbocycles. The van der Waals surface area contributed by atoms with Crippen LogP contribution in [0, 0.1) is 0 Å². The van der Waals surface area contributed by atoms with Crippen LogP contribution in [0.15, 0.2) is 0 Å². The second-order valence-electron chi connectivity index (χ2n) is 4.12. The van der Waals surface area contributed by atoms with Crippen molar-refractivity contribution < 1.29 is 14.5 Å². The number of hydrogen-bond donors (Lipinski definition) is 2. The predicted octanol–water partition coefficient (Wildman–Crippen LogP) is 0.930. The van der Waals surface area contributed by atoms with Gasteiger partial charge in [-0.15, -0.1) is 0 Å². The molecule has 0 aliphatic rings. The van der Waals surface area contributed by atoms with E-state index in [1.54, 1.807) is 7.11 Å². The second-order valence-corrected chi connectivity index (χ2v) is 4.12. The number of fused-ring (bicyclic) bond motifs is 1. The zero-order valence-electron chi connectivity index (χ0n) is 10.8. The number of methoxy groups -OCH3 is 1. The van der Waals surface area contributed by atoms with Gasteiger partial charge in [-0.05, 0) is 18.3 Å². The van der Waals surface area contributed by atoms with Gasteiger partial charge in [-0.25, -0.2) is 9.97 Å². The molecule has 0 saturated heterocycles. The number of anilines is 1. The number of aromatic amines is 2. The van der Waals surface area contributed by atoms with Crippen molar-refractivity contribution in [2.75, 3.05) is 12.8 Å². The normalized spacial score (nSPS) is 12.6. The first-order valence-corrected chi connectivity index (χ1v) is 5.93. The van der Waals surface area contributed by atoms with Crippen LogP contribution in [0.1, 0.15) is 26.7 Å². The van der Waals surface area contributed by atoms with Crippen molar-refractivity contribution in [3.8, 4) is 12.0 Å². The lowest BCUT2D eigenvalue weighted by Gasteiger charge is -2.09. The number of ether oxygens (including phenoxy) is 2. The lowest BCUT2D eigenvalue weighted by Crippen LogP contribution is -2.14. The van der Waals surface area contributed by atoms with Gasteiger partial charge in [-0.1, -0.05) is 13.3 Å². The maximum Gasteiger partial charge on any atom is 0.397 e. The summed E-state index contributed by atoms with van der Waals surface area (Å²) in [5.74, 6) is 0.332. The number of rotatable bonds is 5.